The third-order valence-electron chi connectivity index (χ3n) is 2.78. The number of aryl methyl sites for hydroxylation is 2. The summed E-state index contributed by atoms with van der Waals surface area (Å²) in [5.74, 6) is 0. The van der Waals surface area contributed by atoms with E-state index in [0.29, 0.717) is 4.83 Å². The van der Waals surface area contributed by atoms with Crippen molar-refractivity contribution < 1.29 is 0 Å². The first-order valence-electron chi connectivity index (χ1n) is 5.52. The fourth-order valence-electron chi connectivity index (χ4n) is 1.84. The van der Waals surface area contributed by atoms with E-state index in [1.165, 1.54) is 25.4 Å². The van der Waals surface area contributed by atoms with Crippen LogP contribution in [0.15, 0.2) is 34.8 Å². The molecule has 0 saturated heterocycles. The van der Waals surface area contributed by atoms with E-state index in [4.69, 9.17) is 0 Å². The van der Waals surface area contributed by atoms with Crippen LogP contribution in [0.5, 0.6) is 0 Å². The average molecular weight is 374 g/mol. The molecule has 17 heavy (non-hydrogen) atoms. The zero-order chi connectivity index (χ0) is 12.4. The number of benzene rings is 1. The summed E-state index contributed by atoms with van der Waals surface area (Å²) in [5, 5.41) is 0. The quantitative estimate of drug-likeness (QED) is 0.596. The van der Waals surface area contributed by atoms with Crippen molar-refractivity contribution in [2.75, 3.05) is 0 Å². The van der Waals surface area contributed by atoms with E-state index in [1.807, 2.05) is 11.3 Å². The molecule has 1 unspecified atom stereocenters. The molecular formula is C14H14Br2S. The van der Waals surface area contributed by atoms with Gasteiger partial charge in [-0.2, -0.15) is 0 Å². The van der Waals surface area contributed by atoms with E-state index >= 15 is 0 Å². The van der Waals surface area contributed by atoms with Crippen LogP contribution in [0.25, 0.3) is 0 Å². The largest absolute Gasteiger partial charge is 0.143 e. The highest BCUT2D eigenvalue weighted by Gasteiger charge is 2.15. The molecule has 0 saturated carbocycles. The molecule has 0 nitrogen and oxygen atoms in total. The van der Waals surface area contributed by atoms with Crippen LogP contribution >= 0.6 is 43.2 Å². The maximum absolute atomic E-state index is 3.80. The Hall–Kier alpha value is -0.120. The molecule has 0 radical (unpaired) electrons. The smallest absolute Gasteiger partial charge is 0.0540 e. The maximum atomic E-state index is 3.80. The highest BCUT2D eigenvalue weighted by atomic mass is 79.9. The van der Waals surface area contributed by atoms with Crippen molar-refractivity contribution in [1.29, 1.82) is 0 Å². The van der Waals surface area contributed by atoms with Gasteiger partial charge in [-0.25, -0.2) is 0 Å². The summed E-state index contributed by atoms with van der Waals surface area (Å²) in [6, 6.07) is 10.8. The van der Waals surface area contributed by atoms with Crippen LogP contribution in [0.4, 0.5) is 0 Å². The van der Waals surface area contributed by atoms with Gasteiger partial charge in [-0.15, -0.1) is 11.3 Å². The molecule has 2 rings (SSSR count). The molecule has 1 heterocycles. The Kier molecular flexibility index (Phi) is 4.45. The van der Waals surface area contributed by atoms with Crippen LogP contribution in [-0.2, 0) is 6.42 Å². The second kappa shape index (κ2) is 5.68. The van der Waals surface area contributed by atoms with E-state index in [1.54, 1.807) is 0 Å². The number of hydrogen-bond acceptors (Lipinski definition) is 1. The van der Waals surface area contributed by atoms with Gasteiger partial charge in [-0.3, -0.25) is 0 Å². The Balaban J connectivity index is 2.20. The predicted octanol–water partition coefficient (Wildman–Crippen LogP) is 5.81. The summed E-state index contributed by atoms with van der Waals surface area (Å²) in [7, 11) is 0. The van der Waals surface area contributed by atoms with Gasteiger partial charge < -0.3 is 0 Å². The molecule has 0 aliphatic heterocycles. The minimum absolute atomic E-state index is 0.386. The van der Waals surface area contributed by atoms with Gasteiger partial charge in [0.2, 0.25) is 0 Å². The third-order valence-corrected chi connectivity index (χ3v) is 5.95. The molecule has 0 aliphatic carbocycles. The molecule has 1 aromatic heterocycles. The molecular weight excluding hydrogens is 360 g/mol. The first-order chi connectivity index (χ1) is 8.08. The summed E-state index contributed by atoms with van der Waals surface area (Å²) in [6.45, 7) is 4.32. The standard InChI is InChI=1S/C14H14Br2S/c1-9-5-3-4-6-11(9)8-13(16)14-12(15)7-10(2)17-14/h3-7,13H,8H2,1-2H3. The third kappa shape index (κ3) is 3.21. The van der Waals surface area contributed by atoms with Gasteiger partial charge in [0.1, 0.15) is 0 Å². The topological polar surface area (TPSA) is 0 Å². The molecule has 2 aromatic rings. The van der Waals surface area contributed by atoms with E-state index in [0.717, 1.165) is 6.42 Å². The lowest BCUT2D eigenvalue weighted by Crippen LogP contribution is -1.95. The monoisotopic (exact) mass is 372 g/mol. The molecule has 0 bridgehead atoms. The van der Waals surface area contributed by atoms with Gasteiger partial charge in [0.05, 0.1) is 4.83 Å². The molecule has 0 N–H and O–H groups in total. The second-order valence-electron chi connectivity index (χ2n) is 4.17. The Labute approximate surface area is 123 Å². The molecule has 0 aliphatic rings. The van der Waals surface area contributed by atoms with Crippen molar-refractivity contribution in [3.8, 4) is 0 Å². The van der Waals surface area contributed by atoms with Crippen molar-refractivity contribution in [1.82, 2.24) is 0 Å². The first kappa shape index (κ1) is 13.3. The minimum atomic E-state index is 0.386. The SMILES string of the molecule is Cc1cc(Br)c(C(Br)Cc2ccccc2C)s1. The van der Waals surface area contributed by atoms with Crippen LogP contribution < -0.4 is 0 Å². The Morgan fingerprint density at radius 2 is 1.94 bits per heavy atom. The van der Waals surface area contributed by atoms with E-state index in [9.17, 15) is 0 Å². The van der Waals surface area contributed by atoms with Crippen LogP contribution in [-0.4, -0.2) is 0 Å². The number of alkyl halides is 1. The number of thiophene rings is 1. The molecule has 3 heteroatoms. The lowest BCUT2D eigenvalue weighted by atomic mass is 10.0. The fourth-order valence-corrected chi connectivity index (χ4v) is 4.93. The van der Waals surface area contributed by atoms with Crippen LogP contribution in [0.3, 0.4) is 0 Å². The van der Waals surface area contributed by atoms with Crippen molar-refractivity contribution in [3.63, 3.8) is 0 Å². The minimum Gasteiger partial charge on any atom is -0.143 e. The molecule has 1 atom stereocenters. The highest BCUT2D eigenvalue weighted by Crippen LogP contribution is 2.38. The Morgan fingerprint density at radius 3 is 2.53 bits per heavy atom. The molecule has 0 fully saturated rings. The van der Waals surface area contributed by atoms with Crippen LogP contribution in [0.2, 0.25) is 0 Å². The van der Waals surface area contributed by atoms with Crippen molar-refractivity contribution in [3.05, 3.63) is 55.7 Å². The molecule has 0 amide bonds. The summed E-state index contributed by atoms with van der Waals surface area (Å²) in [5.41, 5.74) is 2.77. The average Bonchev–Trinajstić information content (AvgIpc) is 2.61. The van der Waals surface area contributed by atoms with Gasteiger partial charge in [0, 0.05) is 14.2 Å². The zero-order valence-electron chi connectivity index (χ0n) is 9.84. The van der Waals surface area contributed by atoms with Gasteiger partial charge in [0.15, 0.2) is 0 Å². The summed E-state index contributed by atoms with van der Waals surface area (Å²) in [4.78, 5) is 3.11. The lowest BCUT2D eigenvalue weighted by molar-refractivity contribution is 0.953. The van der Waals surface area contributed by atoms with Crippen LogP contribution in [0.1, 0.15) is 25.7 Å². The number of rotatable bonds is 3. The van der Waals surface area contributed by atoms with Gasteiger partial charge in [-0.1, -0.05) is 40.2 Å². The van der Waals surface area contributed by atoms with Crippen molar-refractivity contribution >= 4 is 43.2 Å². The Morgan fingerprint density at radius 1 is 1.24 bits per heavy atom. The van der Waals surface area contributed by atoms with E-state index < -0.39 is 0 Å². The van der Waals surface area contributed by atoms with Gasteiger partial charge >= 0.3 is 0 Å². The summed E-state index contributed by atoms with van der Waals surface area (Å²) >= 11 is 9.29. The fraction of sp³-hybridized carbons (Fsp3) is 0.286. The van der Waals surface area contributed by atoms with Gasteiger partial charge in [0.25, 0.3) is 0 Å². The second-order valence-corrected chi connectivity index (χ2v) is 7.41. The maximum Gasteiger partial charge on any atom is 0.0540 e. The number of halogens is 2. The molecule has 0 spiro atoms. The normalized spacial score (nSPS) is 12.7. The van der Waals surface area contributed by atoms with E-state index in [-0.39, 0.29) is 0 Å². The highest BCUT2D eigenvalue weighted by molar-refractivity contribution is 9.11. The first-order valence-corrected chi connectivity index (χ1v) is 8.05. The summed E-state index contributed by atoms with van der Waals surface area (Å²) in [6.07, 6.45) is 1.03. The molecule has 90 valence electrons. The summed E-state index contributed by atoms with van der Waals surface area (Å²) < 4.78 is 1.22. The van der Waals surface area contributed by atoms with Gasteiger partial charge in [-0.05, 0) is 53.4 Å². The van der Waals surface area contributed by atoms with E-state index in [2.05, 4.69) is 76.0 Å². The lowest BCUT2D eigenvalue weighted by Gasteiger charge is -2.11. The number of hydrogen-bond donors (Lipinski definition) is 0. The van der Waals surface area contributed by atoms with Crippen molar-refractivity contribution in [2.45, 2.75) is 25.1 Å². The van der Waals surface area contributed by atoms with Crippen molar-refractivity contribution in [2.24, 2.45) is 0 Å². The zero-order valence-corrected chi connectivity index (χ0v) is 13.8. The predicted molar refractivity (Wildman–Crippen MR) is 83.3 cm³/mol. The molecule has 1 aromatic carbocycles. The van der Waals surface area contributed by atoms with Crippen LogP contribution in [0, 0.1) is 13.8 Å². The Bertz CT molecular complexity index is 517.